The van der Waals surface area contributed by atoms with E-state index in [1.165, 1.54) is 0 Å². The summed E-state index contributed by atoms with van der Waals surface area (Å²) in [7, 11) is 0. The van der Waals surface area contributed by atoms with Crippen LogP contribution < -0.4 is 14.8 Å². The average Bonchev–Trinajstić information content (AvgIpc) is 2.90. The van der Waals surface area contributed by atoms with Crippen molar-refractivity contribution in [2.24, 2.45) is 5.92 Å². The van der Waals surface area contributed by atoms with Gasteiger partial charge in [0.25, 0.3) is 0 Å². The predicted molar refractivity (Wildman–Crippen MR) is 75.3 cm³/mol. The molecule has 0 saturated heterocycles. The average molecular weight is 293 g/mol. The Morgan fingerprint density at radius 1 is 1.33 bits per heavy atom. The zero-order chi connectivity index (χ0) is 15.2. The number of ether oxygens (including phenoxy) is 2. The van der Waals surface area contributed by atoms with Gasteiger partial charge in [-0.15, -0.1) is 0 Å². The summed E-state index contributed by atoms with van der Waals surface area (Å²) < 4.78 is 10.5. The first-order valence-corrected chi connectivity index (χ1v) is 6.98. The summed E-state index contributed by atoms with van der Waals surface area (Å²) in [6.07, 6.45) is 1.52. The zero-order valence-electron chi connectivity index (χ0n) is 11.9. The quantitative estimate of drug-likeness (QED) is 0.797. The van der Waals surface area contributed by atoms with Crippen LogP contribution in [0.2, 0.25) is 0 Å². The maximum Gasteiger partial charge on any atom is 0.308 e. The van der Waals surface area contributed by atoms with E-state index in [4.69, 9.17) is 14.6 Å². The highest BCUT2D eigenvalue weighted by Gasteiger charge is 2.18. The summed E-state index contributed by atoms with van der Waals surface area (Å²) in [4.78, 5) is 22.9. The molecule has 1 heterocycles. The molecule has 6 heteroatoms. The molecule has 1 aliphatic heterocycles. The number of carboxylic acid groups (broad SMARTS) is 1. The van der Waals surface area contributed by atoms with Gasteiger partial charge in [0, 0.05) is 6.54 Å². The van der Waals surface area contributed by atoms with E-state index < -0.39 is 11.9 Å². The molecule has 0 radical (unpaired) electrons. The molecule has 2 N–H and O–H groups in total. The van der Waals surface area contributed by atoms with Crippen LogP contribution in [-0.2, 0) is 16.0 Å². The number of aliphatic carboxylic acids is 1. The van der Waals surface area contributed by atoms with Crippen LogP contribution in [0.5, 0.6) is 11.5 Å². The van der Waals surface area contributed by atoms with Crippen LogP contribution in [0.25, 0.3) is 0 Å². The number of amides is 1. The van der Waals surface area contributed by atoms with Gasteiger partial charge < -0.3 is 19.9 Å². The number of carbonyl (C=O) groups is 2. The minimum absolute atomic E-state index is 0.159. The van der Waals surface area contributed by atoms with Crippen LogP contribution in [-0.4, -0.2) is 30.3 Å². The second kappa shape index (κ2) is 6.97. The minimum atomic E-state index is -0.875. The molecule has 0 fully saturated rings. The molecule has 6 nitrogen and oxygen atoms in total. The summed E-state index contributed by atoms with van der Waals surface area (Å²) in [6, 6.07) is 5.33. The van der Waals surface area contributed by atoms with Crippen LogP contribution in [0.1, 0.15) is 25.3 Å². The van der Waals surface area contributed by atoms with Crippen molar-refractivity contribution in [3.05, 3.63) is 23.8 Å². The summed E-state index contributed by atoms with van der Waals surface area (Å²) in [5, 5.41) is 11.7. The summed E-state index contributed by atoms with van der Waals surface area (Å²) in [5.74, 6) is -0.296. The molecule has 1 aromatic rings. The van der Waals surface area contributed by atoms with Gasteiger partial charge in [-0.05, 0) is 24.1 Å². The minimum Gasteiger partial charge on any atom is -0.481 e. The predicted octanol–water partition coefficient (Wildman–Crippen LogP) is 1.57. The number of fused-ring (bicyclic) bond motifs is 1. The molecule has 0 saturated carbocycles. The molecule has 114 valence electrons. The van der Waals surface area contributed by atoms with E-state index in [2.05, 4.69) is 5.32 Å². The summed E-state index contributed by atoms with van der Waals surface area (Å²) >= 11 is 0. The fourth-order valence-electron chi connectivity index (χ4n) is 2.20. The second-order valence-corrected chi connectivity index (χ2v) is 4.99. The Kier molecular flexibility index (Phi) is 5.03. The third kappa shape index (κ3) is 4.11. The van der Waals surface area contributed by atoms with Gasteiger partial charge in [0.1, 0.15) is 0 Å². The molecular weight excluding hydrogens is 274 g/mol. The lowest BCUT2D eigenvalue weighted by molar-refractivity contribution is -0.141. The first kappa shape index (κ1) is 15.2. The Morgan fingerprint density at radius 3 is 2.81 bits per heavy atom. The number of carbonyl (C=O) groups excluding carboxylic acids is 1. The van der Waals surface area contributed by atoms with Crippen LogP contribution in [0.15, 0.2) is 18.2 Å². The molecule has 21 heavy (non-hydrogen) atoms. The first-order valence-electron chi connectivity index (χ1n) is 6.98. The number of benzene rings is 1. The van der Waals surface area contributed by atoms with Crippen molar-refractivity contribution in [2.45, 2.75) is 26.2 Å². The van der Waals surface area contributed by atoms with E-state index in [1.807, 2.05) is 6.92 Å². The third-order valence-corrected chi connectivity index (χ3v) is 3.33. The Morgan fingerprint density at radius 2 is 2.10 bits per heavy atom. The molecule has 1 amide bonds. The van der Waals surface area contributed by atoms with E-state index >= 15 is 0 Å². The highest BCUT2D eigenvalue weighted by Crippen LogP contribution is 2.32. The molecule has 1 atom stereocenters. The smallest absolute Gasteiger partial charge is 0.308 e. The van der Waals surface area contributed by atoms with E-state index in [9.17, 15) is 9.59 Å². The fraction of sp³-hybridized carbons (Fsp3) is 0.467. The lowest BCUT2D eigenvalue weighted by Crippen LogP contribution is -2.33. The van der Waals surface area contributed by atoms with Crippen LogP contribution in [0.3, 0.4) is 0 Å². The van der Waals surface area contributed by atoms with Gasteiger partial charge in [-0.1, -0.05) is 19.4 Å². The van der Waals surface area contributed by atoms with E-state index in [0.717, 1.165) is 12.0 Å². The third-order valence-electron chi connectivity index (χ3n) is 3.33. The van der Waals surface area contributed by atoms with Crippen molar-refractivity contribution in [3.8, 4) is 11.5 Å². The second-order valence-electron chi connectivity index (χ2n) is 4.99. The standard InChI is InChI=1S/C15H19NO5/c1-2-3-11(15(18)19)8-16-14(17)7-10-4-5-12-13(6-10)21-9-20-12/h4-6,11H,2-3,7-9H2,1H3,(H,16,17)(H,18,19). The van der Waals surface area contributed by atoms with E-state index in [0.29, 0.717) is 17.9 Å². The Hall–Kier alpha value is -2.24. The van der Waals surface area contributed by atoms with E-state index in [1.54, 1.807) is 18.2 Å². The highest BCUT2D eigenvalue weighted by atomic mass is 16.7. The van der Waals surface area contributed by atoms with Crippen molar-refractivity contribution >= 4 is 11.9 Å². The topological polar surface area (TPSA) is 84.9 Å². The fourth-order valence-corrected chi connectivity index (χ4v) is 2.20. The monoisotopic (exact) mass is 293 g/mol. The lowest BCUT2D eigenvalue weighted by atomic mass is 10.0. The molecule has 2 rings (SSSR count). The van der Waals surface area contributed by atoms with Gasteiger partial charge in [0.15, 0.2) is 11.5 Å². The van der Waals surface area contributed by atoms with Crippen molar-refractivity contribution in [1.82, 2.24) is 5.32 Å². The molecule has 0 aromatic heterocycles. The van der Waals surface area contributed by atoms with Crippen molar-refractivity contribution in [1.29, 1.82) is 0 Å². The van der Waals surface area contributed by atoms with Crippen LogP contribution >= 0.6 is 0 Å². The molecule has 0 aliphatic carbocycles. The van der Waals surface area contributed by atoms with E-state index in [-0.39, 0.29) is 25.7 Å². The molecule has 0 bridgehead atoms. The Balaban J connectivity index is 1.85. The highest BCUT2D eigenvalue weighted by molar-refractivity contribution is 5.79. The molecule has 1 aliphatic rings. The van der Waals surface area contributed by atoms with Gasteiger partial charge in [-0.2, -0.15) is 0 Å². The Bertz CT molecular complexity index is 529. The molecule has 1 aromatic carbocycles. The van der Waals surface area contributed by atoms with Gasteiger partial charge in [0.05, 0.1) is 12.3 Å². The molecule has 0 spiro atoms. The van der Waals surface area contributed by atoms with Crippen LogP contribution in [0, 0.1) is 5.92 Å². The maximum atomic E-state index is 11.9. The largest absolute Gasteiger partial charge is 0.481 e. The van der Waals surface area contributed by atoms with Gasteiger partial charge in [0.2, 0.25) is 12.7 Å². The normalized spacial score (nSPS) is 13.8. The van der Waals surface area contributed by atoms with Crippen molar-refractivity contribution in [3.63, 3.8) is 0 Å². The van der Waals surface area contributed by atoms with Gasteiger partial charge in [-0.25, -0.2) is 0 Å². The number of rotatable bonds is 7. The maximum absolute atomic E-state index is 11.9. The number of nitrogens with one attached hydrogen (secondary N) is 1. The van der Waals surface area contributed by atoms with Crippen molar-refractivity contribution < 1.29 is 24.2 Å². The van der Waals surface area contributed by atoms with Gasteiger partial charge in [-0.3, -0.25) is 9.59 Å². The number of hydrogen-bond acceptors (Lipinski definition) is 4. The zero-order valence-corrected chi connectivity index (χ0v) is 11.9. The molecular formula is C15H19NO5. The van der Waals surface area contributed by atoms with Crippen LogP contribution in [0.4, 0.5) is 0 Å². The number of carboxylic acids is 1. The van der Waals surface area contributed by atoms with Crippen molar-refractivity contribution in [2.75, 3.05) is 13.3 Å². The number of hydrogen-bond donors (Lipinski definition) is 2. The molecule has 1 unspecified atom stereocenters. The lowest BCUT2D eigenvalue weighted by Gasteiger charge is -2.12. The van der Waals surface area contributed by atoms with Gasteiger partial charge >= 0.3 is 5.97 Å². The summed E-state index contributed by atoms with van der Waals surface area (Å²) in [6.45, 7) is 2.28. The first-order chi connectivity index (χ1) is 10.1. The SMILES string of the molecule is CCCC(CNC(=O)Cc1ccc2c(c1)OCO2)C(=O)O. The Labute approximate surface area is 123 Å². The summed E-state index contributed by atoms with van der Waals surface area (Å²) in [5.41, 5.74) is 0.805.